The Morgan fingerprint density at radius 2 is 1.51 bits per heavy atom. The summed E-state index contributed by atoms with van der Waals surface area (Å²) in [6.45, 7) is 0. The summed E-state index contributed by atoms with van der Waals surface area (Å²) < 4.78 is 0. The zero-order chi connectivity index (χ0) is 28.9. The minimum absolute atomic E-state index is 0.0689. The average molecular weight is 548 g/mol. The fraction of sp³-hybridized carbons (Fsp3) is 0.0625. The molecule has 5 N–H and O–H groups in total. The lowest BCUT2D eigenvalue weighted by Crippen LogP contribution is -2.45. The number of carboxylic acids is 1. The highest BCUT2D eigenvalue weighted by molar-refractivity contribution is 6.02. The number of aromatic hydroxyl groups is 1. The summed E-state index contributed by atoms with van der Waals surface area (Å²) in [6, 6.07) is 26.5. The molecule has 9 heteroatoms. The van der Waals surface area contributed by atoms with Gasteiger partial charge in [-0.3, -0.25) is 14.4 Å². The second-order valence-corrected chi connectivity index (χ2v) is 9.43. The second kappa shape index (κ2) is 11.6. The number of carboxylic acid groups (broad SMARTS) is 1. The molecule has 0 aliphatic heterocycles. The topological polar surface area (TPSA) is 149 Å². The van der Waals surface area contributed by atoms with Gasteiger partial charge in [-0.2, -0.15) is 0 Å². The van der Waals surface area contributed by atoms with Crippen LogP contribution in [-0.2, 0) is 11.2 Å². The van der Waals surface area contributed by atoms with E-state index < -0.39 is 34.8 Å². The number of phenols is 1. The van der Waals surface area contributed by atoms with Gasteiger partial charge >= 0.3 is 5.97 Å². The molecule has 0 spiro atoms. The van der Waals surface area contributed by atoms with Crippen LogP contribution in [0.3, 0.4) is 0 Å². The number of aromatic carboxylic acids is 1. The number of hydrogen-bond acceptors (Lipinski definition) is 5. The van der Waals surface area contributed by atoms with Crippen molar-refractivity contribution in [2.75, 3.05) is 5.32 Å². The molecule has 1 heterocycles. The lowest BCUT2D eigenvalue weighted by molar-refractivity contribution is -0.118. The first-order valence-corrected chi connectivity index (χ1v) is 12.7. The number of hydrogen-bond donors (Lipinski definition) is 5. The van der Waals surface area contributed by atoms with E-state index in [1.807, 2.05) is 42.5 Å². The minimum atomic E-state index is -1.36. The van der Waals surface area contributed by atoms with E-state index >= 15 is 0 Å². The molecule has 0 aliphatic carbocycles. The maximum absolute atomic E-state index is 13.4. The number of anilines is 1. The van der Waals surface area contributed by atoms with Crippen molar-refractivity contribution in [1.29, 1.82) is 0 Å². The number of carbonyl (C=O) groups excluding carboxylic acids is 2. The molecule has 0 saturated carbocycles. The lowest BCUT2D eigenvalue weighted by atomic mass is 10.0. The largest absolute Gasteiger partial charge is 0.508 e. The summed E-state index contributed by atoms with van der Waals surface area (Å²) >= 11 is 0. The molecule has 0 saturated heterocycles. The molecule has 41 heavy (non-hydrogen) atoms. The van der Waals surface area contributed by atoms with Crippen molar-refractivity contribution in [2.24, 2.45) is 0 Å². The summed E-state index contributed by atoms with van der Waals surface area (Å²) in [5.74, 6) is -2.29. The Morgan fingerprint density at radius 1 is 0.829 bits per heavy atom. The zero-order valence-corrected chi connectivity index (χ0v) is 21.6. The minimum Gasteiger partial charge on any atom is -0.508 e. The second-order valence-electron chi connectivity index (χ2n) is 9.43. The van der Waals surface area contributed by atoms with Gasteiger partial charge in [-0.05, 0) is 59.2 Å². The van der Waals surface area contributed by atoms with Crippen molar-refractivity contribution in [3.05, 3.63) is 130 Å². The van der Waals surface area contributed by atoms with Gasteiger partial charge in [-0.25, -0.2) is 4.79 Å². The first kappa shape index (κ1) is 26.9. The molecule has 5 rings (SSSR count). The van der Waals surface area contributed by atoms with Crippen LogP contribution in [0.4, 0.5) is 5.69 Å². The van der Waals surface area contributed by atoms with Crippen LogP contribution in [0, 0.1) is 0 Å². The number of carbonyl (C=O) groups is 3. The van der Waals surface area contributed by atoms with Gasteiger partial charge in [0, 0.05) is 34.8 Å². The molecule has 0 radical (unpaired) electrons. The third-order valence-corrected chi connectivity index (χ3v) is 6.63. The highest BCUT2D eigenvalue weighted by atomic mass is 16.4. The average Bonchev–Trinajstić information content (AvgIpc) is 2.98. The van der Waals surface area contributed by atoms with Crippen LogP contribution >= 0.6 is 0 Å². The van der Waals surface area contributed by atoms with Gasteiger partial charge in [-0.1, -0.05) is 54.6 Å². The summed E-state index contributed by atoms with van der Waals surface area (Å²) in [6.07, 6.45) is 1.25. The van der Waals surface area contributed by atoms with Crippen LogP contribution in [0.1, 0.15) is 26.3 Å². The number of rotatable bonds is 8. The van der Waals surface area contributed by atoms with E-state index in [1.165, 1.54) is 18.2 Å². The number of aromatic amines is 1. The van der Waals surface area contributed by atoms with Gasteiger partial charge in [0.25, 0.3) is 5.91 Å². The van der Waals surface area contributed by atoms with Crippen molar-refractivity contribution in [2.45, 2.75) is 12.5 Å². The van der Waals surface area contributed by atoms with Crippen molar-refractivity contribution in [3.63, 3.8) is 0 Å². The molecule has 9 nitrogen and oxygen atoms in total. The summed E-state index contributed by atoms with van der Waals surface area (Å²) in [5, 5.41) is 24.5. The number of nitrogens with one attached hydrogen (secondary N) is 3. The Bertz CT molecular complexity index is 1800. The van der Waals surface area contributed by atoms with Crippen molar-refractivity contribution in [1.82, 2.24) is 10.3 Å². The molecule has 0 bridgehead atoms. The molecule has 4 aromatic carbocycles. The van der Waals surface area contributed by atoms with Gasteiger partial charge in [-0.15, -0.1) is 0 Å². The number of H-pyrrole nitrogens is 1. The Kier molecular flexibility index (Phi) is 7.60. The third kappa shape index (κ3) is 6.15. The third-order valence-electron chi connectivity index (χ3n) is 6.63. The van der Waals surface area contributed by atoms with E-state index in [-0.39, 0.29) is 23.2 Å². The normalized spacial score (nSPS) is 11.5. The maximum Gasteiger partial charge on any atom is 0.341 e. The summed E-state index contributed by atoms with van der Waals surface area (Å²) in [7, 11) is 0. The monoisotopic (exact) mass is 547 g/mol. The Hall–Kier alpha value is -5.70. The highest BCUT2D eigenvalue weighted by Gasteiger charge is 2.23. The fourth-order valence-electron chi connectivity index (χ4n) is 4.45. The fourth-order valence-corrected chi connectivity index (χ4v) is 4.45. The molecule has 0 aliphatic rings. The Morgan fingerprint density at radius 3 is 2.20 bits per heavy atom. The number of benzene rings is 4. The quantitative estimate of drug-likeness (QED) is 0.192. The number of amides is 2. The molecular formula is C32H25N3O6. The summed E-state index contributed by atoms with van der Waals surface area (Å²) in [4.78, 5) is 53.4. The molecule has 1 aromatic heterocycles. The molecule has 2 amide bonds. The Labute approximate surface area is 234 Å². The first-order valence-electron chi connectivity index (χ1n) is 12.7. The highest BCUT2D eigenvalue weighted by Crippen LogP contribution is 2.20. The van der Waals surface area contributed by atoms with Crippen molar-refractivity contribution < 1.29 is 24.6 Å². The van der Waals surface area contributed by atoms with Gasteiger partial charge in [0.05, 0.1) is 0 Å². The van der Waals surface area contributed by atoms with Gasteiger partial charge in [0.2, 0.25) is 11.3 Å². The smallest absolute Gasteiger partial charge is 0.341 e. The van der Waals surface area contributed by atoms with Crippen molar-refractivity contribution in [3.8, 4) is 16.9 Å². The molecular weight excluding hydrogens is 522 g/mol. The number of phenolic OH excluding ortho intramolecular Hbond substituents is 1. The number of aromatic nitrogens is 1. The van der Waals surface area contributed by atoms with E-state index in [0.717, 1.165) is 17.3 Å². The predicted molar refractivity (Wildman–Crippen MR) is 155 cm³/mol. The first-order chi connectivity index (χ1) is 19.8. The van der Waals surface area contributed by atoms with E-state index in [2.05, 4.69) is 15.6 Å². The number of fused-ring (bicyclic) bond motifs is 1. The van der Waals surface area contributed by atoms with Crippen LogP contribution in [0.25, 0.3) is 22.0 Å². The van der Waals surface area contributed by atoms with Crippen LogP contribution in [0.5, 0.6) is 5.75 Å². The van der Waals surface area contributed by atoms with Crippen LogP contribution in [0.15, 0.2) is 108 Å². The van der Waals surface area contributed by atoms with Gasteiger partial charge < -0.3 is 25.8 Å². The molecule has 1 atom stereocenters. The zero-order valence-electron chi connectivity index (χ0n) is 21.6. The lowest BCUT2D eigenvalue weighted by Gasteiger charge is -2.19. The molecule has 0 fully saturated rings. The van der Waals surface area contributed by atoms with Gasteiger partial charge in [0.1, 0.15) is 17.4 Å². The van der Waals surface area contributed by atoms with E-state index in [4.69, 9.17) is 0 Å². The molecule has 0 unspecified atom stereocenters. The number of pyridine rings is 1. The Balaban J connectivity index is 1.39. The predicted octanol–water partition coefficient (Wildman–Crippen LogP) is 4.58. The van der Waals surface area contributed by atoms with Crippen LogP contribution in [-0.4, -0.2) is 39.0 Å². The molecule has 204 valence electrons. The van der Waals surface area contributed by atoms with E-state index in [9.17, 15) is 29.4 Å². The SMILES string of the molecule is O=C(N[C@@H](Cc1ccc(O)cc1)C(=O)Nc1ccc2[nH]cc(C(=O)O)c(=O)c2c1)c1ccc(-c2ccccc2)cc1. The van der Waals surface area contributed by atoms with Crippen LogP contribution < -0.4 is 16.1 Å². The van der Waals surface area contributed by atoms with E-state index in [0.29, 0.717) is 16.6 Å². The van der Waals surface area contributed by atoms with Crippen LogP contribution in [0.2, 0.25) is 0 Å². The van der Waals surface area contributed by atoms with Gasteiger partial charge in [0.15, 0.2) is 0 Å². The molecule has 5 aromatic rings. The van der Waals surface area contributed by atoms with E-state index in [1.54, 1.807) is 36.4 Å². The standard InChI is InChI=1S/C32H25N3O6/c36-24-13-6-19(7-14-24)16-28(35-30(38)22-10-8-21(9-11-22)20-4-2-1-3-5-20)31(39)34-23-12-15-27-25(17-23)29(37)26(18-33-27)32(40)41/h1-15,17-18,28,36H,16H2,(H,33,37)(H,34,39)(H,35,38)(H,40,41)/t28-/m0/s1. The summed E-state index contributed by atoms with van der Waals surface area (Å²) in [5.41, 5.74) is 2.58. The maximum atomic E-state index is 13.4. The van der Waals surface area contributed by atoms with Crippen molar-refractivity contribution >= 4 is 34.4 Å².